The van der Waals surface area contributed by atoms with Gasteiger partial charge in [-0.3, -0.25) is 9.36 Å². The van der Waals surface area contributed by atoms with Crippen LogP contribution >= 0.6 is 15.9 Å². The second kappa shape index (κ2) is 4.82. The molecule has 0 aliphatic carbocycles. The van der Waals surface area contributed by atoms with Crippen LogP contribution in [0.25, 0.3) is 0 Å². The summed E-state index contributed by atoms with van der Waals surface area (Å²) >= 11 is 3.29. The average Bonchev–Trinajstić information content (AvgIpc) is 2.12. The first-order chi connectivity index (χ1) is 7.34. The maximum absolute atomic E-state index is 11.7. The third-order valence-corrected chi connectivity index (χ3v) is 3.24. The second-order valence-corrected chi connectivity index (χ2v) is 4.93. The number of hydrogen-bond acceptors (Lipinski definition) is 2. The van der Waals surface area contributed by atoms with Gasteiger partial charge in [0.25, 0.3) is 5.56 Å². The van der Waals surface area contributed by atoms with E-state index in [0.29, 0.717) is 0 Å². The Labute approximate surface area is 102 Å². The molecule has 1 rings (SSSR count). The molecule has 1 N–H and O–H groups in total. The zero-order valence-corrected chi connectivity index (χ0v) is 11.0. The Balaban J connectivity index is 3.36. The third-order valence-electron chi connectivity index (χ3n) is 2.41. The van der Waals surface area contributed by atoms with Crippen molar-refractivity contribution in [2.24, 2.45) is 5.92 Å². The summed E-state index contributed by atoms with van der Waals surface area (Å²) in [4.78, 5) is 22.8. The van der Waals surface area contributed by atoms with Gasteiger partial charge in [-0.25, -0.2) is 4.79 Å². The molecule has 1 unspecified atom stereocenters. The topological polar surface area (TPSA) is 59.3 Å². The van der Waals surface area contributed by atoms with E-state index >= 15 is 0 Å². The molecule has 0 aliphatic heterocycles. The van der Waals surface area contributed by atoms with Crippen molar-refractivity contribution in [3.63, 3.8) is 0 Å². The molecule has 0 aliphatic rings. The molecule has 0 bridgehead atoms. The van der Waals surface area contributed by atoms with E-state index in [4.69, 9.17) is 5.11 Å². The molecule has 1 heterocycles. The van der Waals surface area contributed by atoms with Gasteiger partial charge < -0.3 is 5.11 Å². The number of carboxylic acids is 1. The van der Waals surface area contributed by atoms with Crippen molar-refractivity contribution in [3.05, 3.63) is 32.7 Å². The molecular formula is C11H14BrNO3. The zero-order valence-electron chi connectivity index (χ0n) is 9.40. The van der Waals surface area contributed by atoms with Crippen molar-refractivity contribution >= 4 is 21.9 Å². The first-order valence-electron chi connectivity index (χ1n) is 4.95. The molecule has 0 spiro atoms. The highest BCUT2D eigenvalue weighted by Gasteiger charge is 2.24. The molecule has 0 saturated heterocycles. The molecule has 1 aromatic heterocycles. The molecule has 4 nitrogen and oxygen atoms in total. The van der Waals surface area contributed by atoms with E-state index in [2.05, 4.69) is 15.9 Å². The monoisotopic (exact) mass is 287 g/mol. The van der Waals surface area contributed by atoms with Gasteiger partial charge in [0.2, 0.25) is 0 Å². The maximum Gasteiger partial charge on any atom is 0.327 e. The summed E-state index contributed by atoms with van der Waals surface area (Å²) in [6, 6.07) is 0.604. The molecule has 88 valence electrons. The quantitative estimate of drug-likeness (QED) is 0.927. The SMILES string of the molecule is Cc1cc(=O)n(C(C(=O)O)C(C)C)cc1Br. The Kier molecular flexibility index (Phi) is 3.91. The van der Waals surface area contributed by atoms with E-state index in [0.717, 1.165) is 10.0 Å². The van der Waals surface area contributed by atoms with Gasteiger partial charge in [0, 0.05) is 16.7 Å². The van der Waals surface area contributed by atoms with Crippen molar-refractivity contribution in [1.29, 1.82) is 0 Å². The lowest BCUT2D eigenvalue weighted by Crippen LogP contribution is -2.32. The second-order valence-electron chi connectivity index (χ2n) is 4.08. The van der Waals surface area contributed by atoms with Gasteiger partial charge in [-0.15, -0.1) is 0 Å². The van der Waals surface area contributed by atoms with Crippen LogP contribution in [-0.2, 0) is 4.79 Å². The average molecular weight is 288 g/mol. The normalized spacial score (nSPS) is 12.8. The highest BCUT2D eigenvalue weighted by Crippen LogP contribution is 2.20. The number of rotatable bonds is 3. The highest BCUT2D eigenvalue weighted by molar-refractivity contribution is 9.10. The summed E-state index contributed by atoms with van der Waals surface area (Å²) in [5.74, 6) is -1.14. The minimum atomic E-state index is -0.993. The summed E-state index contributed by atoms with van der Waals surface area (Å²) in [5.41, 5.74) is 0.510. The van der Waals surface area contributed by atoms with E-state index < -0.39 is 12.0 Å². The minimum Gasteiger partial charge on any atom is -0.480 e. The van der Waals surface area contributed by atoms with Crippen LogP contribution in [-0.4, -0.2) is 15.6 Å². The molecule has 0 amide bonds. The fraction of sp³-hybridized carbons (Fsp3) is 0.455. The van der Waals surface area contributed by atoms with Crippen molar-refractivity contribution in [2.45, 2.75) is 26.8 Å². The van der Waals surface area contributed by atoms with Gasteiger partial charge in [0.15, 0.2) is 0 Å². The summed E-state index contributed by atoms with van der Waals surface area (Å²) in [6.07, 6.45) is 1.54. The summed E-state index contributed by atoms with van der Waals surface area (Å²) < 4.78 is 1.99. The number of aryl methyl sites for hydroxylation is 1. The predicted octanol–water partition coefficient (Wildman–Crippen LogP) is 2.20. The van der Waals surface area contributed by atoms with Crippen LogP contribution in [0.5, 0.6) is 0 Å². The van der Waals surface area contributed by atoms with Gasteiger partial charge >= 0.3 is 5.97 Å². The van der Waals surface area contributed by atoms with Crippen molar-refractivity contribution in [3.8, 4) is 0 Å². The Morgan fingerprint density at radius 3 is 2.50 bits per heavy atom. The number of nitrogens with zero attached hydrogens (tertiary/aromatic N) is 1. The summed E-state index contributed by atoms with van der Waals surface area (Å²) in [6.45, 7) is 5.35. The number of carbonyl (C=O) groups is 1. The molecule has 1 atom stereocenters. The van der Waals surface area contributed by atoms with Crippen LogP contribution in [0.4, 0.5) is 0 Å². The summed E-state index contributed by atoms with van der Waals surface area (Å²) in [7, 11) is 0. The fourth-order valence-electron chi connectivity index (χ4n) is 1.56. The van der Waals surface area contributed by atoms with Crippen LogP contribution in [0.2, 0.25) is 0 Å². The Morgan fingerprint density at radius 2 is 2.06 bits per heavy atom. The third kappa shape index (κ3) is 2.52. The number of hydrogen-bond donors (Lipinski definition) is 1. The van der Waals surface area contributed by atoms with Crippen molar-refractivity contribution < 1.29 is 9.90 Å². The first-order valence-corrected chi connectivity index (χ1v) is 5.75. The van der Waals surface area contributed by atoms with Crippen LogP contribution < -0.4 is 5.56 Å². The number of halogens is 1. The summed E-state index contributed by atoms with van der Waals surface area (Å²) in [5, 5.41) is 9.11. The van der Waals surface area contributed by atoms with E-state index in [1.54, 1.807) is 20.8 Å². The standard InChI is InChI=1S/C11H14BrNO3/c1-6(2)10(11(15)16)13-5-8(12)7(3)4-9(13)14/h4-6,10H,1-3H3,(H,15,16). The van der Waals surface area contributed by atoms with Crippen LogP contribution in [0, 0.1) is 12.8 Å². The number of carboxylic acid groups (broad SMARTS) is 1. The van der Waals surface area contributed by atoms with Crippen LogP contribution in [0.3, 0.4) is 0 Å². The molecule has 5 heteroatoms. The number of pyridine rings is 1. The van der Waals surface area contributed by atoms with E-state index in [1.807, 2.05) is 0 Å². The van der Waals surface area contributed by atoms with Crippen molar-refractivity contribution in [1.82, 2.24) is 4.57 Å². The molecule has 0 saturated carbocycles. The molecule has 0 radical (unpaired) electrons. The van der Waals surface area contributed by atoms with Gasteiger partial charge in [0.05, 0.1) is 0 Å². The maximum atomic E-state index is 11.7. The molecule has 1 aromatic rings. The smallest absolute Gasteiger partial charge is 0.327 e. The molecule has 16 heavy (non-hydrogen) atoms. The predicted molar refractivity (Wildman–Crippen MR) is 64.6 cm³/mol. The Hall–Kier alpha value is -1.10. The highest BCUT2D eigenvalue weighted by atomic mass is 79.9. The van der Waals surface area contributed by atoms with Gasteiger partial charge in [-0.2, -0.15) is 0 Å². The van der Waals surface area contributed by atoms with Gasteiger partial charge in [0.1, 0.15) is 6.04 Å². The Morgan fingerprint density at radius 1 is 1.50 bits per heavy atom. The van der Waals surface area contributed by atoms with Crippen LogP contribution in [0.15, 0.2) is 21.5 Å². The number of aliphatic carboxylic acids is 1. The lowest BCUT2D eigenvalue weighted by Gasteiger charge is -2.19. The van der Waals surface area contributed by atoms with Gasteiger partial charge in [-0.1, -0.05) is 13.8 Å². The Bertz CT molecular complexity index is 465. The van der Waals surface area contributed by atoms with E-state index in [9.17, 15) is 9.59 Å². The van der Waals surface area contributed by atoms with Crippen LogP contribution in [0.1, 0.15) is 25.5 Å². The zero-order chi connectivity index (χ0) is 12.5. The fourth-order valence-corrected chi connectivity index (χ4v) is 1.89. The van der Waals surface area contributed by atoms with Crippen molar-refractivity contribution in [2.75, 3.05) is 0 Å². The number of aromatic nitrogens is 1. The lowest BCUT2D eigenvalue weighted by atomic mass is 10.0. The van der Waals surface area contributed by atoms with Gasteiger partial charge in [-0.05, 0) is 34.3 Å². The first kappa shape index (κ1) is 13.0. The largest absolute Gasteiger partial charge is 0.480 e. The molecule has 0 fully saturated rings. The minimum absolute atomic E-state index is 0.148. The lowest BCUT2D eigenvalue weighted by molar-refractivity contribution is -0.142. The van der Waals surface area contributed by atoms with E-state index in [-0.39, 0.29) is 11.5 Å². The molecular weight excluding hydrogens is 274 g/mol. The molecule has 0 aromatic carbocycles. The van der Waals surface area contributed by atoms with E-state index in [1.165, 1.54) is 16.8 Å².